The first-order valence-electron chi connectivity index (χ1n) is 5.65. The fourth-order valence-corrected chi connectivity index (χ4v) is 3.97. The van der Waals surface area contributed by atoms with Gasteiger partial charge in [-0.15, -0.1) is 0 Å². The second kappa shape index (κ2) is 5.00. The first-order valence-corrected chi connectivity index (χ1v) is 7.79. The van der Waals surface area contributed by atoms with Gasteiger partial charge in [-0.05, 0) is 29.3 Å². The Labute approximate surface area is 101 Å². The SMILES string of the molecule is CC1(C)CN=C(NCC2CCSC2)SC1. The molecule has 0 bridgehead atoms. The van der Waals surface area contributed by atoms with Gasteiger partial charge in [-0.1, -0.05) is 25.6 Å². The molecule has 2 nitrogen and oxygen atoms in total. The minimum absolute atomic E-state index is 0.388. The number of nitrogens with zero attached hydrogens (tertiary/aromatic N) is 1. The molecule has 0 aromatic rings. The van der Waals surface area contributed by atoms with E-state index in [2.05, 4.69) is 35.9 Å². The average Bonchev–Trinajstić information content (AvgIpc) is 2.69. The Balaban J connectivity index is 1.73. The summed E-state index contributed by atoms with van der Waals surface area (Å²) in [6, 6.07) is 0. The van der Waals surface area contributed by atoms with Crippen LogP contribution in [-0.4, -0.2) is 35.5 Å². The molecule has 0 amide bonds. The molecule has 1 atom stereocenters. The van der Waals surface area contributed by atoms with Gasteiger partial charge < -0.3 is 5.32 Å². The van der Waals surface area contributed by atoms with Crippen LogP contribution in [0.25, 0.3) is 0 Å². The zero-order valence-corrected chi connectivity index (χ0v) is 11.2. The first-order chi connectivity index (χ1) is 7.16. The molecule has 0 aromatic heterocycles. The minimum atomic E-state index is 0.388. The summed E-state index contributed by atoms with van der Waals surface area (Å²) in [6.45, 7) is 6.67. The monoisotopic (exact) mass is 244 g/mol. The summed E-state index contributed by atoms with van der Waals surface area (Å²) in [5.41, 5.74) is 0.388. The summed E-state index contributed by atoms with van der Waals surface area (Å²) in [5.74, 6) is 4.74. The molecular weight excluding hydrogens is 224 g/mol. The number of nitrogens with one attached hydrogen (secondary N) is 1. The van der Waals surface area contributed by atoms with Gasteiger partial charge in [0.1, 0.15) is 0 Å². The highest BCUT2D eigenvalue weighted by molar-refractivity contribution is 8.13. The average molecular weight is 244 g/mol. The summed E-state index contributed by atoms with van der Waals surface area (Å²) in [6.07, 6.45) is 1.38. The van der Waals surface area contributed by atoms with Gasteiger partial charge in [0, 0.05) is 18.8 Å². The number of aliphatic imine (C=N–C) groups is 1. The normalized spacial score (nSPS) is 30.0. The van der Waals surface area contributed by atoms with Crippen molar-refractivity contribution in [2.45, 2.75) is 20.3 Å². The van der Waals surface area contributed by atoms with E-state index in [9.17, 15) is 0 Å². The number of hydrogen-bond acceptors (Lipinski definition) is 4. The van der Waals surface area contributed by atoms with Gasteiger partial charge >= 0.3 is 0 Å². The number of amidine groups is 1. The van der Waals surface area contributed by atoms with Gasteiger partial charge in [0.15, 0.2) is 5.17 Å². The van der Waals surface area contributed by atoms with Crippen molar-refractivity contribution in [1.82, 2.24) is 5.32 Å². The largest absolute Gasteiger partial charge is 0.365 e. The van der Waals surface area contributed by atoms with Gasteiger partial charge in [0.2, 0.25) is 0 Å². The van der Waals surface area contributed by atoms with Crippen LogP contribution in [0.5, 0.6) is 0 Å². The van der Waals surface area contributed by atoms with Gasteiger partial charge in [-0.3, -0.25) is 4.99 Å². The van der Waals surface area contributed by atoms with Crippen LogP contribution in [0.2, 0.25) is 0 Å². The molecule has 0 aromatic carbocycles. The van der Waals surface area contributed by atoms with Gasteiger partial charge in [0.25, 0.3) is 0 Å². The molecule has 0 aliphatic carbocycles. The molecular formula is C11H20N2S2. The molecule has 1 unspecified atom stereocenters. The summed E-state index contributed by atoms with van der Waals surface area (Å²) in [4.78, 5) is 4.60. The fraction of sp³-hybridized carbons (Fsp3) is 0.909. The molecule has 1 N–H and O–H groups in total. The van der Waals surface area contributed by atoms with E-state index in [-0.39, 0.29) is 0 Å². The maximum atomic E-state index is 4.60. The second-order valence-electron chi connectivity index (χ2n) is 5.18. The molecule has 0 saturated carbocycles. The Kier molecular flexibility index (Phi) is 3.88. The Bertz CT molecular complexity index is 245. The highest BCUT2D eigenvalue weighted by Gasteiger charge is 2.24. The van der Waals surface area contributed by atoms with E-state index in [1.807, 2.05) is 11.8 Å². The molecule has 4 heteroatoms. The summed E-state index contributed by atoms with van der Waals surface area (Å²) in [5, 5.41) is 4.67. The third-order valence-electron chi connectivity index (χ3n) is 2.82. The maximum absolute atomic E-state index is 4.60. The Morgan fingerprint density at radius 1 is 1.53 bits per heavy atom. The molecule has 15 heavy (non-hydrogen) atoms. The van der Waals surface area contributed by atoms with Crippen LogP contribution in [0.15, 0.2) is 4.99 Å². The maximum Gasteiger partial charge on any atom is 0.156 e. The van der Waals surface area contributed by atoms with Gasteiger partial charge in [-0.25, -0.2) is 0 Å². The van der Waals surface area contributed by atoms with E-state index in [1.54, 1.807) is 0 Å². The predicted octanol–water partition coefficient (Wildman–Crippen LogP) is 2.46. The standard InChI is InChI=1S/C11H20N2S2/c1-11(2)7-13-10(15-8-11)12-5-9-3-4-14-6-9/h9H,3-8H2,1-2H3,(H,12,13). The fourth-order valence-electron chi connectivity index (χ4n) is 1.72. The summed E-state index contributed by atoms with van der Waals surface area (Å²) >= 11 is 3.97. The van der Waals surface area contributed by atoms with Crippen molar-refractivity contribution in [3.63, 3.8) is 0 Å². The molecule has 2 rings (SSSR count). The molecule has 0 spiro atoms. The quantitative estimate of drug-likeness (QED) is 0.807. The van der Waals surface area contributed by atoms with Crippen molar-refractivity contribution in [1.29, 1.82) is 0 Å². The Hall–Kier alpha value is 0.170. The van der Waals surface area contributed by atoms with E-state index in [0.717, 1.165) is 19.0 Å². The van der Waals surface area contributed by atoms with E-state index < -0.39 is 0 Å². The van der Waals surface area contributed by atoms with Crippen LogP contribution in [-0.2, 0) is 0 Å². The van der Waals surface area contributed by atoms with Crippen molar-refractivity contribution >= 4 is 28.7 Å². The molecule has 1 saturated heterocycles. The lowest BCUT2D eigenvalue weighted by molar-refractivity contribution is 0.436. The van der Waals surface area contributed by atoms with Crippen molar-refractivity contribution in [2.24, 2.45) is 16.3 Å². The Morgan fingerprint density at radius 2 is 2.40 bits per heavy atom. The lowest BCUT2D eigenvalue weighted by Gasteiger charge is -2.27. The molecule has 2 heterocycles. The van der Waals surface area contributed by atoms with Crippen LogP contribution in [0.1, 0.15) is 20.3 Å². The molecule has 0 radical (unpaired) electrons. The van der Waals surface area contributed by atoms with Crippen LogP contribution in [0, 0.1) is 11.3 Å². The molecule has 2 aliphatic heterocycles. The smallest absolute Gasteiger partial charge is 0.156 e. The third kappa shape index (κ3) is 3.59. The lowest BCUT2D eigenvalue weighted by Crippen LogP contribution is -2.33. The Morgan fingerprint density at radius 3 is 3.00 bits per heavy atom. The van der Waals surface area contributed by atoms with E-state index in [0.29, 0.717) is 5.41 Å². The number of rotatable bonds is 2. The van der Waals surface area contributed by atoms with Crippen molar-refractivity contribution < 1.29 is 0 Å². The van der Waals surface area contributed by atoms with Gasteiger partial charge in [-0.2, -0.15) is 11.8 Å². The zero-order chi connectivity index (χ0) is 10.7. The molecule has 86 valence electrons. The van der Waals surface area contributed by atoms with E-state index in [4.69, 9.17) is 0 Å². The van der Waals surface area contributed by atoms with Crippen LogP contribution >= 0.6 is 23.5 Å². The third-order valence-corrected chi connectivity index (χ3v) is 5.52. The van der Waals surface area contributed by atoms with Crippen molar-refractivity contribution in [2.75, 3.05) is 30.3 Å². The van der Waals surface area contributed by atoms with Crippen LogP contribution < -0.4 is 5.32 Å². The number of thioether (sulfide) groups is 2. The number of hydrogen-bond donors (Lipinski definition) is 1. The lowest BCUT2D eigenvalue weighted by atomic mass is 9.97. The van der Waals surface area contributed by atoms with Gasteiger partial charge in [0.05, 0.1) is 0 Å². The topological polar surface area (TPSA) is 24.4 Å². The van der Waals surface area contributed by atoms with E-state index >= 15 is 0 Å². The summed E-state index contributed by atoms with van der Waals surface area (Å²) in [7, 11) is 0. The zero-order valence-electron chi connectivity index (χ0n) is 9.58. The minimum Gasteiger partial charge on any atom is -0.365 e. The van der Waals surface area contributed by atoms with Crippen LogP contribution in [0.4, 0.5) is 0 Å². The highest BCUT2D eigenvalue weighted by Crippen LogP contribution is 2.27. The predicted molar refractivity (Wildman–Crippen MR) is 72.0 cm³/mol. The highest BCUT2D eigenvalue weighted by atomic mass is 32.2. The van der Waals surface area contributed by atoms with Crippen LogP contribution in [0.3, 0.4) is 0 Å². The molecule has 1 fully saturated rings. The first kappa shape index (κ1) is 11.6. The second-order valence-corrected chi connectivity index (χ2v) is 7.30. The van der Waals surface area contributed by atoms with Crippen molar-refractivity contribution in [3.05, 3.63) is 0 Å². The molecule has 2 aliphatic rings. The summed E-state index contributed by atoms with van der Waals surface area (Å²) < 4.78 is 0. The van der Waals surface area contributed by atoms with E-state index in [1.165, 1.54) is 28.8 Å². The van der Waals surface area contributed by atoms with Crippen molar-refractivity contribution in [3.8, 4) is 0 Å².